The Kier molecular flexibility index (Phi) is 4.54. The summed E-state index contributed by atoms with van der Waals surface area (Å²) in [6, 6.07) is 9.82. The van der Waals surface area contributed by atoms with Gasteiger partial charge >= 0.3 is 0 Å². The van der Waals surface area contributed by atoms with Gasteiger partial charge in [-0.15, -0.1) is 0 Å². The first-order valence-electron chi connectivity index (χ1n) is 6.80. The maximum Gasteiger partial charge on any atom is 0.0991 e. The van der Waals surface area contributed by atoms with Crippen molar-refractivity contribution in [1.29, 1.82) is 5.26 Å². The molecular weight excluding hydrogens is 248 g/mol. The molecule has 1 N–H and O–H groups in total. The molecule has 104 valence electrons. The van der Waals surface area contributed by atoms with Crippen molar-refractivity contribution in [2.75, 3.05) is 6.54 Å². The predicted molar refractivity (Wildman–Crippen MR) is 79.2 cm³/mol. The number of nitrogens with one attached hydrogen (secondary N) is 1. The summed E-state index contributed by atoms with van der Waals surface area (Å²) in [4.78, 5) is 0. The van der Waals surface area contributed by atoms with Crippen LogP contribution in [0.4, 0.5) is 0 Å². The van der Waals surface area contributed by atoms with E-state index in [0.29, 0.717) is 5.56 Å². The van der Waals surface area contributed by atoms with Gasteiger partial charge in [-0.25, -0.2) is 0 Å². The van der Waals surface area contributed by atoms with Gasteiger partial charge in [-0.05, 0) is 50.1 Å². The third kappa shape index (κ3) is 3.25. The molecule has 0 saturated heterocycles. The summed E-state index contributed by atoms with van der Waals surface area (Å²) in [5.41, 5.74) is 5.59. The zero-order valence-corrected chi connectivity index (χ0v) is 12.3. The van der Waals surface area contributed by atoms with Crippen LogP contribution in [0.5, 0.6) is 0 Å². The van der Waals surface area contributed by atoms with Gasteiger partial charge in [0.05, 0.1) is 17.3 Å². The van der Waals surface area contributed by atoms with E-state index in [0.717, 1.165) is 25.2 Å². The van der Waals surface area contributed by atoms with E-state index in [1.807, 2.05) is 36.0 Å². The average Bonchev–Trinajstić information content (AvgIpc) is 2.70. The molecule has 1 aromatic heterocycles. The van der Waals surface area contributed by atoms with Crippen LogP contribution in [0, 0.1) is 25.2 Å². The van der Waals surface area contributed by atoms with E-state index in [2.05, 4.69) is 30.3 Å². The lowest BCUT2D eigenvalue weighted by atomic mass is 10.1. The highest BCUT2D eigenvalue weighted by Gasteiger charge is 2.08. The number of rotatable bonds is 5. The Balaban J connectivity index is 1.83. The van der Waals surface area contributed by atoms with E-state index in [1.54, 1.807) is 0 Å². The van der Waals surface area contributed by atoms with Gasteiger partial charge in [0.15, 0.2) is 0 Å². The van der Waals surface area contributed by atoms with Gasteiger partial charge in [-0.3, -0.25) is 4.68 Å². The topological polar surface area (TPSA) is 53.6 Å². The molecule has 1 aromatic carbocycles. The second kappa shape index (κ2) is 6.36. The lowest BCUT2D eigenvalue weighted by molar-refractivity contribution is 0.682. The van der Waals surface area contributed by atoms with E-state index in [-0.39, 0.29) is 0 Å². The Morgan fingerprint density at radius 2 is 1.95 bits per heavy atom. The van der Waals surface area contributed by atoms with Crippen molar-refractivity contribution in [2.45, 2.75) is 26.8 Å². The fourth-order valence-electron chi connectivity index (χ4n) is 2.32. The van der Waals surface area contributed by atoms with Crippen LogP contribution in [0.15, 0.2) is 24.3 Å². The number of nitrogens with zero attached hydrogens (tertiary/aromatic N) is 3. The van der Waals surface area contributed by atoms with Crippen LogP contribution in [0.1, 0.15) is 28.1 Å². The van der Waals surface area contributed by atoms with Gasteiger partial charge in [0.2, 0.25) is 0 Å². The molecule has 0 amide bonds. The van der Waals surface area contributed by atoms with E-state index in [9.17, 15) is 0 Å². The summed E-state index contributed by atoms with van der Waals surface area (Å²) >= 11 is 0. The molecule has 0 aliphatic carbocycles. The number of aryl methyl sites for hydroxylation is 2. The first-order valence-corrected chi connectivity index (χ1v) is 6.80. The van der Waals surface area contributed by atoms with Crippen LogP contribution in [-0.4, -0.2) is 16.3 Å². The van der Waals surface area contributed by atoms with Gasteiger partial charge in [-0.1, -0.05) is 12.1 Å². The van der Waals surface area contributed by atoms with Gasteiger partial charge in [0, 0.05) is 19.3 Å². The maximum absolute atomic E-state index is 8.75. The molecule has 2 rings (SSSR count). The number of aromatic nitrogens is 2. The standard InChI is InChI=1S/C16H20N4/c1-12-16(13(2)20(3)19-12)8-9-18-11-15-6-4-14(10-17)5-7-15/h4-7,18H,8-9,11H2,1-3H3. The van der Waals surface area contributed by atoms with Gasteiger partial charge in [0.1, 0.15) is 0 Å². The summed E-state index contributed by atoms with van der Waals surface area (Å²) < 4.78 is 1.94. The molecule has 0 unspecified atom stereocenters. The molecule has 0 atom stereocenters. The molecule has 0 spiro atoms. The summed E-state index contributed by atoms with van der Waals surface area (Å²) in [7, 11) is 1.98. The van der Waals surface area contributed by atoms with Crippen LogP contribution in [0.25, 0.3) is 0 Å². The number of hydrogen-bond donors (Lipinski definition) is 1. The largest absolute Gasteiger partial charge is 0.312 e. The quantitative estimate of drug-likeness (QED) is 0.846. The summed E-state index contributed by atoms with van der Waals surface area (Å²) in [5, 5.41) is 16.6. The summed E-state index contributed by atoms with van der Waals surface area (Å²) in [5.74, 6) is 0. The van der Waals surface area contributed by atoms with Crippen LogP contribution >= 0.6 is 0 Å². The average molecular weight is 268 g/mol. The van der Waals surface area contributed by atoms with Gasteiger partial charge in [0.25, 0.3) is 0 Å². The minimum atomic E-state index is 0.704. The molecule has 0 fully saturated rings. The zero-order valence-electron chi connectivity index (χ0n) is 12.3. The first kappa shape index (κ1) is 14.3. The van der Waals surface area contributed by atoms with Crippen molar-refractivity contribution < 1.29 is 0 Å². The monoisotopic (exact) mass is 268 g/mol. The maximum atomic E-state index is 8.75. The number of hydrogen-bond acceptors (Lipinski definition) is 3. The van der Waals surface area contributed by atoms with Crippen molar-refractivity contribution in [3.05, 3.63) is 52.3 Å². The molecule has 0 aliphatic heterocycles. The van der Waals surface area contributed by atoms with Crippen LogP contribution in [-0.2, 0) is 20.0 Å². The predicted octanol–water partition coefficient (Wildman–Crippen LogP) is 2.24. The third-order valence-corrected chi connectivity index (χ3v) is 3.62. The molecule has 0 saturated carbocycles. The molecule has 0 radical (unpaired) electrons. The molecule has 0 aliphatic rings. The van der Waals surface area contributed by atoms with Crippen molar-refractivity contribution in [3.63, 3.8) is 0 Å². The molecule has 1 heterocycles. The Bertz CT molecular complexity index is 617. The highest BCUT2D eigenvalue weighted by Crippen LogP contribution is 2.12. The van der Waals surface area contributed by atoms with Crippen LogP contribution in [0.3, 0.4) is 0 Å². The van der Waals surface area contributed by atoms with Crippen LogP contribution in [0.2, 0.25) is 0 Å². The highest BCUT2D eigenvalue weighted by atomic mass is 15.3. The molecule has 2 aromatic rings. The fraction of sp³-hybridized carbons (Fsp3) is 0.375. The first-order chi connectivity index (χ1) is 9.61. The Morgan fingerprint density at radius 1 is 1.25 bits per heavy atom. The fourth-order valence-corrected chi connectivity index (χ4v) is 2.32. The Morgan fingerprint density at radius 3 is 2.50 bits per heavy atom. The second-order valence-corrected chi connectivity index (χ2v) is 5.01. The lowest BCUT2D eigenvalue weighted by Crippen LogP contribution is -2.17. The molecule has 4 heteroatoms. The van der Waals surface area contributed by atoms with E-state index in [4.69, 9.17) is 5.26 Å². The Labute approximate surface area is 120 Å². The minimum absolute atomic E-state index is 0.704. The molecule has 4 nitrogen and oxygen atoms in total. The van der Waals surface area contributed by atoms with Crippen molar-refractivity contribution >= 4 is 0 Å². The van der Waals surface area contributed by atoms with Crippen molar-refractivity contribution in [1.82, 2.24) is 15.1 Å². The lowest BCUT2D eigenvalue weighted by Gasteiger charge is -2.06. The number of nitriles is 1. The molecule has 20 heavy (non-hydrogen) atoms. The Hall–Kier alpha value is -2.12. The van der Waals surface area contributed by atoms with E-state index in [1.165, 1.54) is 16.8 Å². The SMILES string of the molecule is Cc1nn(C)c(C)c1CCNCc1ccc(C#N)cc1. The molecular formula is C16H20N4. The zero-order chi connectivity index (χ0) is 14.5. The number of benzene rings is 1. The normalized spacial score (nSPS) is 10.5. The molecule has 0 bridgehead atoms. The minimum Gasteiger partial charge on any atom is -0.312 e. The second-order valence-electron chi connectivity index (χ2n) is 5.01. The van der Waals surface area contributed by atoms with Gasteiger partial charge in [-0.2, -0.15) is 10.4 Å². The third-order valence-electron chi connectivity index (χ3n) is 3.62. The smallest absolute Gasteiger partial charge is 0.0991 e. The van der Waals surface area contributed by atoms with Crippen molar-refractivity contribution in [3.8, 4) is 6.07 Å². The summed E-state index contributed by atoms with van der Waals surface area (Å²) in [6.45, 7) is 5.91. The van der Waals surface area contributed by atoms with E-state index < -0.39 is 0 Å². The van der Waals surface area contributed by atoms with E-state index >= 15 is 0 Å². The van der Waals surface area contributed by atoms with Crippen LogP contribution < -0.4 is 5.32 Å². The van der Waals surface area contributed by atoms with Gasteiger partial charge < -0.3 is 5.32 Å². The highest BCUT2D eigenvalue weighted by molar-refractivity contribution is 5.31. The van der Waals surface area contributed by atoms with Crippen molar-refractivity contribution in [2.24, 2.45) is 7.05 Å². The summed E-state index contributed by atoms with van der Waals surface area (Å²) in [6.07, 6.45) is 0.988.